The number of hydrogen-bond donors (Lipinski definition) is 0. The van der Waals surface area contributed by atoms with Crippen LogP contribution in [0, 0.1) is 0 Å². The van der Waals surface area contributed by atoms with Crippen molar-refractivity contribution in [3.63, 3.8) is 0 Å². The first-order chi connectivity index (χ1) is 14.0. The monoisotopic (exact) mass is 393 g/mol. The number of ketones is 1. The minimum Gasteiger partial charge on any atom is -0.484 e. The molecule has 0 saturated carbocycles. The van der Waals surface area contributed by atoms with Gasteiger partial charge in [-0.15, -0.1) is 0 Å². The minimum atomic E-state index is -0.0751. The highest BCUT2D eigenvalue weighted by molar-refractivity contribution is 6.06. The molecule has 0 N–H and O–H groups in total. The molecule has 0 unspecified atom stereocenters. The molecular formula is C24H27NO4. The van der Waals surface area contributed by atoms with Crippen LogP contribution in [-0.4, -0.2) is 49.5 Å². The van der Waals surface area contributed by atoms with E-state index in [-0.39, 0.29) is 18.3 Å². The maximum absolute atomic E-state index is 12.4. The highest BCUT2D eigenvalue weighted by Crippen LogP contribution is 2.16. The third-order valence-electron chi connectivity index (χ3n) is 4.90. The van der Waals surface area contributed by atoms with E-state index in [1.807, 2.05) is 18.2 Å². The predicted molar refractivity (Wildman–Crippen MR) is 113 cm³/mol. The van der Waals surface area contributed by atoms with Gasteiger partial charge in [0.2, 0.25) is 0 Å². The summed E-state index contributed by atoms with van der Waals surface area (Å²) >= 11 is 0. The lowest BCUT2D eigenvalue weighted by Gasteiger charge is -2.26. The maximum atomic E-state index is 12.4. The van der Waals surface area contributed by atoms with Crippen LogP contribution < -0.4 is 4.74 Å². The van der Waals surface area contributed by atoms with Gasteiger partial charge < -0.3 is 14.4 Å². The molecule has 1 aliphatic heterocycles. The molecule has 5 nitrogen and oxygen atoms in total. The van der Waals surface area contributed by atoms with Crippen LogP contribution in [0.1, 0.15) is 41.3 Å². The molecule has 1 heterocycles. The lowest BCUT2D eigenvalue weighted by molar-refractivity contribution is -0.137. The molecule has 3 rings (SSSR count). The number of carbonyl (C=O) groups is 2. The van der Waals surface area contributed by atoms with Crippen LogP contribution in [0.2, 0.25) is 0 Å². The number of rotatable bonds is 7. The van der Waals surface area contributed by atoms with Gasteiger partial charge in [-0.1, -0.05) is 44.2 Å². The Balaban J connectivity index is 1.52. The van der Waals surface area contributed by atoms with E-state index < -0.39 is 0 Å². The molecule has 0 aromatic heterocycles. The lowest BCUT2D eigenvalue weighted by Crippen LogP contribution is -2.42. The van der Waals surface area contributed by atoms with E-state index in [9.17, 15) is 9.59 Å². The number of nitrogens with zero attached hydrogens (tertiary/aromatic N) is 1. The van der Waals surface area contributed by atoms with Gasteiger partial charge in [0.1, 0.15) is 5.75 Å². The van der Waals surface area contributed by atoms with Gasteiger partial charge in [0.05, 0.1) is 13.2 Å². The summed E-state index contributed by atoms with van der Waals surface area (Å²) in [5.74, 6) is 0.921. The van der Waals surface area contributed by atoms with Crippen molar-refractivity contribution in [2.75, 3.05) is 32.9 Å². The summed E-state index contributed by atoms with van der Waals surface area (Å²) in [5, 5.41) is 0. The summed E-state index contributed by atoms with van der Waals surface area (Å²) in [5.41, 5.74) is 2.84. The van der Waals surface area contributed by atoms with Gasteiger partial charge in [-0.2, -0.15) is 0 Å². The molecule has 1 amide bonds. The normalized spacial score (nSPS) is 14.4. The van der Waals surface area contributed by atoms with Crippen molar-refractivity contribution >= 4 is 17.8 Å². The zero-order chi connectivity index (χ0) is 20.6. The molecule has 2 aromatic rings. The third kappa shape index (κ3) is 6.03. The Morgan fingerprint density at radius 1 is 1.03 bits per heavy atom. The summed E-state index contributed by atoms with van der Waals surface area (Å²) in [6.07, 6.45) is 3.39. The molecular weight excluding hydrogens is 366 g/mol. The largest absolute Gasteiger partial charge is 0.484 e. The molecule has 0 radical (unpaired) electrons. The van der Waals surface area contributed by atoms with Crippen LogP contribution in [0.4, 0.5) is 0 Å². The standard InChI is InChI=1S/C24H27NO4/c1-18(2)20-6-3-19(4-7-20)5-12-23(26)21-8-10-22(11-9-21)29-17-24(27)25-13-15-28-16-14-25/h3-12,18H,13-17H2,1-2H3/b12-5+. The van der Waals surface area contributed by atoms with E-state index in [0.29, 0.717) is 43.5 Å². The van der Waals surface area contributed by atoms with Gasteiger partial charge in [0, 0.05) is 18.7 Å². The van der Waals surface area contributed by atoms with Gasteiger partial charge in [0.25, 0.3) is 5.91 Å². The number of carbonyl (C=O) groups excluding carboxylic acids is 2. The smallest absolute Gasteiger partial charge is 0.260 e. The topological polar surface area (TPSA) is 55.8 Å². The van der Waals surface area contributed by atoms with E-state index in [2.05, 4.69) is 26.0 Å². The zero-order valence-electron chi connectivity index (χ0n) is 17.0. The van der Waals surface area contributed by atoms with E-state index in [0.717, 1.165) is 5.56 Å². The molecule has 29 heavy (non-hydrogen) atoms. The van der Waals surface area contributed by atoms with Gasteiger partial charge in [-0.05, 0) is 47.4 Å². The molecule has 0 spiro atoms. The number of amides is 1. The SMILES string of the molecule is CC(C)c1ccc(/C=C/C(=O)c2ccc(OCC(=O)N3CCOCC3)cc2)cc1. The Kier molecular flexibility index (Phi) is 7.19. The Morgan fingerprint density at radius 3 is 2.31 bits per heavy atom. The Labute approximate surface area is 171 Å². The molecule has 5 heteroatoms. The highest BCUT2D eigenvalue weighted by atomic mass is 16.5. The number of hydrogen-bond acceptors (Lipinski definition) is 4. The maximum Gasteiger partial charge on any atom is 0.260 e. The minimum absolute atomic E-state index is 0.0143. The van der Waals surface area contributed by atoms with Crippen molar-refractivity contribution in [3.8, 4) is 5.75 Å². The fourth-order valence-electron chi connectivity index (χ4n) is 3.02. The Bertz CT molecular complexity index is 847. The second-order valence-electron chi connectivity index (χ2n) is 7.33. The molecule has 1 saturated heterocycles. The molecule has 152 valence electrons. The van der Waals surface area contributed by atoms with Crippen molar-refractivity contribution in [2.24, 2.45) is 0 Å². The number of ether oxygens (including phenoxy) is 2. The Morgan fingerprint density at radius 2 is 1.69 bits per heavy atom. The van der Waals surface area contributed by atoms with Crippen LogP contribution in [0.3, 0.4) is 0 Å². The van der Waals surface area contributed by atoms with E-state index in [1.54, 1.807) is 35.2 Å². The van der Waals surface area contributed by atoms with E-state index >= 15 is 0 Å². The first-order valence-electron chi connectivity index (χ1n) is 9.93. The summed E-state index contributed by atoms with van der Waals surface area (Å²) in [4.78, 5) is 26.2. The Hall–Kier alpha value is -2.92. The van der Waals surface area contributed by atoms with Crippen molar-refractivity contribution < 1.29 is 19.1 Å². The summed E-state index contributed by atoms with van der Waals surface area (Å²) in [6.45, 7) is 6.63. The average Bonchev–Trinajstić information content (AvgIpc) is 2.77. The van der Waals surface area contributed by atoms with Crippen molar-refractivity contribution in [1.82, 2.24) is 4.90 Å². The van der Waals surface area contributed by atoms with Gasteiger partial charge in [-0.3, -0.25) is 9.59 Å². The predicted octanol–water partition coefficient (Wildman–Crippen LogP) is 3.94. The third-order valence-corrected chi connectivity index (χ3v) is 4.90. The van der Waals surface area contributed by atoms with Crippen molar-refractivity contribution in [1.29, 1.82) is 0 Å². The van der Waals surface area contributed by atoms with Gasteiger partial charge >= 0.3 is 0 Å². The van der Waals surface area contributed by atoms with Crippen LogP contribution >= 0.6 is 0 Å². The van der Waals surface area contributed by atoms with Crippen molar-refractivity contribution in [3.05, 3.63) is 71.3 Å². The van der Waals surface area contributed by atoms with E-state index in [1.165, 1.54) is 5.56 Å². The van der Waals surface area contributed by atoms with Crippen LogP contribution in [0.15, 0.2) is 54.6 Å². The summed E-state index contributed by atoms with van der Waals surface area (Å²) < 4.78 is 10.8. The number of morpholine rings is 1. The molecule has 1 fully saturated rings. The van der Waals surface area contributed by atoms with Crippen LogP contribution in [0.5, 0.6) is 5.75 Å². The molecule has 0 atom stereocenters. The van der Waals surface area contributed by atoms with Gasteiger partial charge in [0.15, 0.2) is 12.4 Å². The number of allylic oxidation sites excluding steroid dienone is 1. The zero-order valence-corrected chi connectivity index (χ0v) is 17.0. The van der Waals surface area contributed by atoms with E-state index in [4.69, 9.17) is 9.47 Å². The highest BCUT2D eigenvalue weighted by Gasteiger charge is 2.17. The summed E-state index contributed by atoms with van der Waals surface area (Å²) in [6, 6.07) is 15.0. The lowest BCUT2D eigenvalue weighted by atomic mass is 10.0. The number of benzene rings is 2. The second kappa shape index (κ2) is 10.0. The van der Waals surface area contributed by atoms with Gasteiger partial charge in [-0.25, -0.2) is 0 Å². The van der Waals surface area contributed by atoms with Crippen LogP contribution in [-0.2, 0) is 9.53 Å². The molecule has 0 bridgehead atoms. The fraction of sp³-hybridized carbons (Fsp3) is 0.333. The molecule has 2 aromatic carbocycles. The first kappa shape index (κ1) is 20.8. The first-order valence-corrected chi connectivity index (χ1v) is 9.93. The average molecular weight is 393 g/mol. The summed E-state index contributed by atoms with van der Waals surface area (Å²) in [7, 11) is 0. The quantitative estimate of drug-likeness (QED) is 0.528. The molecule has 1 aliphatic rings. The fourth-order valence-corrected chi connectivity index (χ4v) is 3.02. The van der Waals surface area contributed by atoms with Crippen molar-refractivity contribution in [2.45, 2.75) is 19.8 Å². The molecule has 0 aliphatic carbocycles. The second-order valence-corrected chi connectivity index (χ2v) is 7.33. The van der Waals surface area contributed by atoms with Crippen LogP contribution in [0.25, 0.3) is 6.08 Å².